The lowest BCUT2D eigenvalue weighted by Gasteiger charge is -2.02. The van der Waals surface area contributed by atoms with Crippen LogP contribution in [-0.4, -0.2) is 6.54 Å². The number of rotatable bonds is 1. The van der Waals surface area contributed by atoms with Gasteiger partial charge in [0.15, 0.2) is 0 Å². The van der Waals surface area contributed by atoms with Gasteiger partial charge in [-0.25, -0.2) is 0 Å². The van der Waals surface area contributed by atoms with E-state index < -0.39 is 0 Å². The number of allylic oxidation sites excluding steroid dienone is 5. The van der Waals surface area contributed by atoms with Gasteiger partial charge in [-0.05, 0) is 32.8 Å². The van der Waals surface area contributed by atoms with Gasteiger partial charge in [-0.3, -0.25) is 0 Å². The first kappa shape index (κ1) is 9.11. The SMILES string of the molecule is C/C=C\C=C1\CCNC1=C(C)C. The van der Waals surface area contributed by atoms with Gasteiger partial charge in [0.25, 0.3) is 0 Å². The van der Waals surface area contributed by atoms with Crippen LogP contribution in [0.3, 0.4) is 0 Å². The van der Waals surface area contributed by atoms with Crippen molar-refractivity contribution in [2.45, 2.75) is 27.2 Å². The second-order valence-electron chi connectivity index (χ2n) is 3.27. The molecule has 0 atom stereocenters. The average molecular weight is 163 g/mol. The molecule has 1 aliphatic rings. The van der Waals surface area contributed by atoms with Crippen molar-refractivity contribution in [2.75, 3.05) is 6.54 Å². The molecule has 0 saturated carbocycles. The highest BCUT2D eigenvalue weighted by molar-refractivity contribution is 5.38. The van der Waals surface area contributed by atoms with E-state index in [-0.39, 0.29) is 0 Å². The molecule has 1 nitrogen and oxygen atoms in total. The zero-order valence-electron chi connectivity index (χ0n) is 8.15. The molecule has 0 aromatic carbocycles. The topological polar surface area (TPSA) is 12.0 Å². The maximum Gasteiger partial charge on any atom is 0.0359 e. The molecule has 0 spiro atoms. The highest BCUT2D eigenvalue weighted by atomic mass is 14.9. The summed E-state index contributed by atoms with van der Waals surface area (Å²) >= 11 is 0. The predicted molar refractivity (Wildman–Crippen MR) is 53.9 cm³/mol. The molecule has 1 aliphatic heterocycles. The molecule has 1 fully saturated rings. The minimum atomic E-state index is 1.09. The van der Waals surface area contributed by atoms with Crippen LogP contribution < -0.4 is 5.32 Å². The Bertz CT molecular complexity index is 240. The monoisotopic (exact) mass is 163 g/mol. The zero-order chi connectivity index (χ0) is 8.97. The maximum absolute atomic E-state index is 3.39. The Balaban J connectivity index is 2.85. The van der Waals surface area contributed by atoms with E-state index in [0.29, 0.717) is 0 Å². The van der Waals surface area contributed by atoms with Gasteiger partial charge in [-0.2, -0.15) is 0 Å². The van der Waals surface area contributed by atoms with Crippen LogP contribution in [0.2, 0.25) is 0 Å². The summed E-state index contributed by atoms with van der Waals surface area (Å²) in [5.74, 6) is 0. The molecule has 0 aromatic heterocycles. The van der Waals surface area contributed by atoms with Crippen molar-refractivity contribution in [1.82, 2.24) is 5.32 Å². The normalized spacial score (nSPS) is 20.6. The zero-order valence-corrected chi connectivity index (χ0v) is 8.15. The van der Waals surface area contributed by atoms with Gasteiger partial charge in [-0.1, -0.05) is 23.8 Å². The molecular weight excluding hydrogens is 146 g/mol. The minimum absolute atomic E-state index is 1.09. The van der Waals surface area contributed by atoms with Gasteiger partial charge in [-0.15, -0.1) is 0 Å². The van der Waals surface area contributed by atoms with Gasteiger partial charge in [0.05, 0.1) is 0 Å². The Hall–Kier alpha value is -0.980. The largest absolute Gasteiger partial charge is 0.385 e. The quantitative estimate of drug-likeness (QED) is 0.626. The highest BCUT2D eigenvalue weighted by Gasteiger charge is 2.12. The van der Waals surface area contributed by atoms with Crippen molar-refractivity contribution in [1.29, 1.82) is 0 Å². The fourth-order valence-electron chi connectivity index (χ4n) is 1.44. The molecule has 0 amide bonds. The van der Waals surface area contributed by atoms with Gasteiger partial charge in [0.2, 0.25) is 0 Å². The summed E-state index contributed by atoms with van der Waals surface area (Å²) in [6, 6.07) is 0. The molecule has 0 bridgehead atoms. The molecule has 1 heteroatoms. The molecule has 1 saturated heterocycles. The summed E-state index contributed by atoms with van der Waals surface area (Å²) in [4.78, 5) is 0. The first-order chi connectivity index (χ1) is 5.75. The average Bonchev–Trinajstić information content (AvgIpc) is 2.48. The molecule has 1 rings (SSSR count). The van der Waals surface area contributed by atoms with E-state index in [1.807, 2.05) is 6.92 Å². The van der Waals surface area contributed by atoms with E-state index in [4.69, 9.17) is 0 Å². The van der Waals surface area contributed by atoms with Crippen molar-refractivity contribution < 1.29 is 0 Å². The Morgan fingerprint density at radius 2 is 2.17 bits per heavy atom. The van der Waals surface area contributed by atoms with Crippen LogP contribution in [0.4, 0.5) is 0 Å². The summed E-state index contributed by atoms with van der Waals surface area (Å²) in [6.45, 7) is 7.43. The Morgan fingerprint density at radius 3 is 2.75 bits per heavy atom. The van der Waals surface area contributed by atoms with E-state index in [1.54, 1.807) is 0 Å². The van der Waals surface area contributed by atoms with E-state index in [0.717, 1.165) is 13.0 Å². The van der Waals surface area contributed by atoms with Crippen LogP contribution >= 0.6 is 0 Å². The fraction of sp³-hybridized carbons (Fsp3) is 0.455. The second-order valence-corrected chi connectivity index (χ2v) is 3.27. The molecule has 1 N–H and O–H groups in total. The Kier molecular flexibility index (Phi) is 3.15. The standard InChI is InChI=1S/C11H17N/c1-4-5-6-10-7-8-12-11(10)9(2)3/h4-6,12H,7-8H2,1-3H3/b5-4-,10-6-. The lowest BCUT2D eigenvalue weighted by Crippen LogP contribution is -2.05. The smallest absolute Gasteiger partial charge is 0.0359 e. The van der Waals surface area contributed by atoms with Gasteiger partial charge in [0.1, 0.15) is 0 Å². The van der Waals surface area contributed by atoms with Crippen molar-refractivity contribution in [3.63, 3.8) is 0 Å². The van der Waals surface area contributed by atoms with E-state index in [9.17, 15) is 0 Å². The molecule has 1 heterocycles. The minimum Gasteiger partial charge on any atom is -0.385 e. The Labute approximate surface area is 74.9 Å². The summed E-state index contributed by atoms with van der Waals surface area (Å²) in [5.41, 5.74) is 4.16. The van der Waals surface area contributed by atoms with Crippen LogP contribution in [0.5, 0.6) is 0 Å². The Morgan fingerprint density at radius 1 is 1.42 bits per heavy atom. The molecule has 12 heavy (non-hydrogen) atoms. The van der Waals surface area contributed by atoms with Crippen molar-refractivity contribution in [2.24, 2.45) is 0 Å². The van der Waals surface area contributed by atoms with Crippen LogP contribution in [0, 0.1) is 0 Å². The molecule has 0 radical (unpaired) electrons. The summed E-state index contributed by atoms with van der Waals surface area (Å²) in [6.07, 6.45) is 7.52. The molecule has 66 valence electrons. The molecule has 0 aliphatic carbocycles. The third kappa shape index (κ3) is 2.00. The van der Waals surface area contributed by atoms with Gasteiger partial charge >= 0.3 is 0 Å². The summed E-state index contributed by atoms with van der Waals surface area (Å²) in [5, 5.41) is 3.39. The summed E-state index contributed by atoms with van der Waals surface area (Å²) < 4.78 is 0. The van der Waals surface area contributed by atoms with Crippen LogP contribution in [-0.2, 0) is 0 Å². The number of hydrogen-bond acceptors (Lipinski definition) is 1. The third-order valence-electron chi connectivity index (χ3n) is 2.01. The first-order valence-corrected chi connectivity index (χ1v) is 4.49. The van der Waals surface area contributed by atoms with Crippen molar-refractivity contribution >= 4 is 0 Å². The molecule has 0 unspecified atom stereocenters. The van der Waals surface area contributed by atoms with Gasteiger partial charge < -0.3 is 5.32 Å². The van der Waals surface area contributed by atoms with Crippen molar-refractivity contribution in [3.8, 4) is 0 Å². The van der Waals surface area contributed by atoms with Crippen molar-refractivity contribution in [3.05, 3.63) is 35.1 Å². The van der Waals surface area contributed by atoms with E-state index in [1.165, 1.54) is 16.8 Å². The highest BCUT2D eigenvalue weighted by Crippen LogP contribution is 2.20. The molecular formula is C11H17N. The lowest BCUT2D eigenvalue weighted by molar-refractivity contribution is 0.905. The fourth-order valence-corrected chi connectivity index (χ4v) is 1.44. The number of hydrogen-bond donors (Lipinski definition) is 1. The van der Waals surface area contributed by atoms with E-state index in [2.05, 4.69) is 37.4 Å². The third-order valence-corrected chi connectivity index (χ3v) is 2.01. The molecule has 0 aromatic rings. The van der Waals surface area contributed by atoms with Crippen LogP contribution in [0.25, 0.3) is 0 Å². The van der Waals surface area contributed by atoms with Gasteiger partial charge in [0, 0.05) is 12.2 Å². The summed E-state index contributed by atoms with van der Waals surface area (Å²) in [7, 11) is 0. The lowest BCUT2D eigenvalue weighted by atomic mass is 10.1. The first-order valence-electron chi connectivity index (χ1n) is 4.49. The predicted octanol–water partition coefficient (Wildman–Crippen LogP) is 2.78. The van der Waals surface area contributed by atoms with Crippen LogP contribution in [0.15, 0.2) is 35.1 Å². The number of nitrogens with one attached hydrogen (secondary N) is 1. The second kappa shape index (κ2) is 4.15. The van der Waals surface area contributed by atoms with E-state index >= 15 is 0 Å². The van der Waals surface area contributed by atoms with Crippen LogP contribution in [0.1, 0.15) is 27.2 Å². The maximum atomic E-state index is 3.39.